The molecule has 5 nitrogen and oxygen atoms in total. The zero-order valence-corrected chi connectivity index (χ0v) is 16.2. The normalized spacial score (nSPS) is 19.1. The molecule has 1 aliphatic rings. The Morgan fingerprint density at radius 1 is 1.07 bits per heavy atom. The fourth-order valence-corrected chi connectivity index (χ4v) is 3.71. The summed E-state index contributed by atoms with van der Waals surface area (Å²) in [5.41, 5.74) is -0.744. The minimum absolute atomic E-state index is 0.0690. The number of ketones is 1. The van der Waals surface area contributed by atoms with E-state index in [0.717, 1.165) is 24.8 Å². The number of likely N-dealkylation sites (tertiary alicyclic amines) is 1. The lowest BCUT2D eigenvalue weighted by Crippen LogP contribution is -2.29. The van der Waals surface area contributed by atoms with Crippen LogP contribution in [0, 0.1) is 11.8 Å². The van der Waals surface area contributed by atoms with Crippen LogP contribution in [0.25, 0.3) is 0 Å². The SMILES string of the molecule is COC(=O)C[C@@H]1C(=O)N(Cc2ccccc2)C[C@H]1C(=O)c1ccccc1C(F)(F)F. The second-order valence-electron chi connectivity index (χ2n) is 7.11. The Morgan fingerprint density at radius 2 is 1.70 bits per heavy atom. The van der Waals surface area contributed by atoms with Crippen LogP contribution in [0.3, 0.4) is 0 Å². The Labute approximate surface area is 171 Å². The summed E-state index contributed by atoms with van der Waals surface area (Å²) < 4.78 is 44.8. The van der Waals surface area contributed by atoms with E-state index in [9.17, 15) is 27.6 Å². The van der Waals surface area contributed by atoms with Crippen LogP contribution in [0.4, 0.5) is 13.2 Å². The van der Waals surface area contributed by atoms with E-state index in [4.69, 9.17) is 0 Å². The van der Waals surface area contributed by atoms with Gasteiger partial charge in [0.25, 0.3) is 0 Å². The third kappa shape index (κ3) is 4.53. The van der Waals surface area contributed by atoms with Gasteiger partial charge >= 0.3 is 12.1 Å². The molecule has 0 radical (unpaired) electrons. The summed E-state index contributed by atoms with van der Waals surface area (Å²) in [6.07, 6.45) is -5.08. The summed E-state index contributed by atoms with van der Waals surface area (Å²) in [5, 5.41) is 0. The van der Waals surface area contributed by atoms with Crippen LogP contribution < -0.4 is 0 Å². The van der Waals surface area contributed by atoms with Crippen molar-refractivity contribution >= 4 is 17.7 Å². The number of carbonyl (C=O) groups is 3. The summed E-state index contributed by atoms with van der Waals surface area (Å²) in [7, 11) is 1.15. The third-order valence-corrected chi connectivity index (χ3v) is 5.20. The molecule has 0 N–H and O–H groups in total. The van der Waals surface area contributed by atoms with Gasteiger partial charge in [-0.05, 0) is 11.6 Å². The highest BCUT2D eigenvalue weighted by atomic mass is 19.4. The Morgan fingerprint density at radius 3 is 2.33 bits per heavy atom. The first-order valence-electron chi connectivity index (χ1n) is 9.32. The fraction of sp³-hybridized carbons (Fsp3) is 0.318. The van der Waals surface area contributed by atoms with Gasteiger partial charge in [-0.15, -0.1) is 0 Å². The molecule has 158 valence electrons. The highest BCUT2D eigenvalue weighted by Crippen LogP contribution is 2.37. The smallest absolute Gasteiger partial charge is 0.417 e. The molecule has 0 spiro atoms. The summed E-state index contributed by atoms with van der Waals surface area (Å²) in [5.74, 6) is -4.11. The third-order valence-electron chi connectivity index (χ3n) is 5.20. The molecule has 2 atom stereocenters. The lowest BCUT2D eigenvalue weighted by molar-refractivity contribution is -0.145. The fourth-order valence-electron chi connectivity index (χ4n) is 3.71. The molecule has 1 aliphatic heterocycles. The number of esters is 1. The predicted molar refractivity (Wildman–Crippen MR) is 101 cm³/mol. The van der Waals surface area contributed by atoms with Crippen LogP contribution >= 0.6 is 0 Å². The number of nitrogens with zero attached hydrogens (tertiary/aromatic N) is 1. The first-order chi connectivity index (χ1) is 14.2. The van der Waals surface area contributed by atoms with Crippen molar-refractivity contribution in [1.29, 1.82) is 0 Å². The number of halogens is 3. The molecule has 0 saturated carbocycles. The molecule has 3 rings (SSSR count). The van der Waals surface area contributed by atoms with E-state index < -0.39 is 46.8 Å². The zero-order valence-electron chi connectivity index (χ0n) is 16.2. The quantitative estimate of drug-likeness (QED) is 0.529. The van der Waals surface area contributed by atoms with Gasteiger partial charge in [0.1, 0.15) is 0 Å². The average molecular weight is 419 g/mol. The van der Waals surface area contributed by atoms with Crippen molar-refractivity contribution in [1.82, 2.24) is 4.90 Å². The molecule has 0 aliphatic carbocycles. The van der Waals surface area contributed by atoms with Gasteiger partial charge in [-0.1, -0.05) is 48.5 Å². The van der Waals surface area contributed by atoms with E-state index in [0.29, 0.717) is 0 Å². The zero-order chi connectivity index (χ0) is 21.9. The molecule has 0 aromatic heterocycles. The standard InChI is InChI=1S/C22H20F3NO4/c1-30-19(27)11-16-17(13-26(21(16)29)12-14-7-3-2-4-8-14)20(28)15-9-5-6-10-18(15)22(23,24)25/h2-10,16-17H,11-13H2,1H3/t16-,17+/m0/s1. The van der Waals surface area contributed by atoms with Gasteiger partial charge in [0.05, 0.1) is 30.9 Å². The predicted octanol–water partition coefficient (Wildman–Crippen LogP) is 3.73. The topological polar surface area (TPSA) is 63.7 Å². The van der Waals surface area contributed by atoms with Crippen LogP contribution in [0.2, 0.25) is 0 Å². The maximum absolute atomic E-state index is 13.4. The summed E-state index contributed by atoms with van der Waals surface area (Å²) in [4.78, 5) is 39.3. The molecule has 0 bridgehead atoms. The maximum atomic E-state index is 13.4. The van der Waals surface area contributed by atoms with Crippen LogP contribution in [-0.4, -0.2) is 36.2 Å². The molecular formula is C22H20F3NO4. The van der Waals surface area contributed by atoms with Crippen molar-refractivity contribution in [2.75, 3.05) is 13.7 Å². The van der Waals surface area contributed by atoms with Crippen LogP contribution in [0.15, 0.2) is 54.6 Å². The van der Waals surface area contributed by atoms with Gasteiger partial charge in [-0.2, -0.15) is 13.2 Å². The molecular weight excluding hydrogens is 399 g/mol. The summed E-state index contributed by atoms with van der Waals surface area (Å²) in [6, 6.07) is 13.5. The second kappa shape index (κ2) is 8.69. The van der Waals surface area contributed by atoms with Crippen molar-refractivity contribution in [2.45, 2.75) is 19.1 Å². The number of rotatable bonds is 6. The first kappa shape index (κ1) is 21.5. The summed E-state index contributed by atoms with van der Waals surface area (Å²) >= 11 is 0. The number of methoxy groups -OCH3 is 1. The molecule has 1 heterocycles. The van der Waals surface area contributed by atoms with E-state index in [2.05, 4.69) is 4.74 Å². The number of alkyl halides is 3. The minimum Gasteiger partial charge on any atom is -0.469 e. The minimum atomic E-state index is -4.71. The number of Topliss-reactive ketones (excluding diaryl/α,β-unsaturated/α-hetero) is 1. The number of benzene rings is 2. The van der Waals surface area contributed by atoms with Crippen LogP contribution in [-0.2, 0) is 27.0 Å². The van der Waals surface area contributed by atoms with Gasteiger partial charge < -0.3 is 9.64 Å². The van der Waals surface area contributed by atoms with Crippen molar-refractivity contribution in [3.05, 3.63) is 71.3 Å². The molecule has 30 heavy (non-hydrogen) atoms. The monoisotopic (exact) mass is 419 g/mol. The van der Waals surface area contributed by atoms with E-state index in [1.807, 2.05) is 6.07 Å². The lowest BCUT2D eigenvalue weighted by atomic mass is 9.84. The maximum Gasteiger partial charge on any atom is 0.417 e. The molecule has 8 heteroatoms. The first-order valence-corrected chi connectivity index (χ1v) is 9.32. The molecule has 1 amide bonds. The Balaban J connectivity index is 1.93. The number of carbonyl (C=O) groups excluding carboxylic acids is 3. The Kier molecular flexibility index (Phi) is 6.24. The molecule has 1 saturated heterocycles. The van der Waals surface area contributed by atoms with Crippen molar-refractivity contribution in [3.63, 3.8) is 0 Å². The number of amides is 1. The Bertz CT molecular complexity index is 943. The molecule has 0 unspecified atom stereocenters. The number of hydrogen-bond donors (Lipinski definition) is 0. The van der Waals surface area contributed by atoms with Gasteiger partial charge in [-0.25, -0.2) is 0 Å². The number of ether oxygens (including phenoxy) is 1. The van der Waals surface area contributed by atoms with Gasteiger partial charge in [0.15, 0.2) is 5.78 Å². The highest BCUT2D eigenvalue weighted by molar-refractivity contribution is 6.04. The van der Waals surface area contributed by atoms with E-state index in [-0.39, 0.29) is 19.5 Å². The van der Waals surface area contributed by atoms with E-state index >= 15 is 0 Å². The van der Waals surface area contributed by atoms with Crippen molar-refractivity contribution in [2.24, 2.45) is 11.8 Å². The van der Waals surface area contributed by atoms with E-state index in [1.54, 1.807) is 24.3 Å². The molecule has 2 aromatic carbocycles. The van der Waals surface area contributed by atoms with Crippen LogP contribution in [0.5, 0.6) is 0 Å². The largest absolute Gasteiger partial charge is 0.469 e. The van der Waals surface area contributed by atoms with Gasteiger partial charge in [0.2, 0.25) is 5.91 Å². The van der Waals surface area contributed by atoms with Crippen molar-refractivity contribution < 1.29 is 32.3 Å². The van der Waals surface area contributed by atoms with Crippen LogP contribution in [0.1, 0.15) is 27.9 Å². The molecule has 1 fully saturated rings. The Hall–Kier alpha value is -3.16. The second-order valence-corrected chi connectivity index (χ2v) is 7.11. The number of hydrogen-bond acceptors (Lipinski definition) is 4. The molecule has 2 aromatic rings. The van der Waals surface area contributed by atoms with E-state index in [1.165, 1.54) is 17.0 Å². The summed E-state index contributed by atoms with van der Waals surface area (Å²) in [6.45, 7) is 0.127. The lowest BCUT2D eigenvalue weighted by Gasteiger charge is -2.18. The highest BCUT2D eigenvalue weighted by Gasteiger charge is 2.47. The average Bonchev–Trinajstić information content (AvgIpc) is 3.03. The van der Waals surface area contributed by atoms with Gasteiger partial charge in [0, 0.05) is 18.7 Å². The van der Waals surface area contributed by atoms with Gasteiger partial charge in [-0.3, -0.25) is 14.4 Å². The van der Waals surface area contributed by atoms with Crippen molar-refractivity contribution in [3.8, 4) is 0 Å².